The van der Waals surface area contributed by atoms with Crippen molar-refractivity contribution in [3.63, 3.8) is 0 Å². The Bertz CT molecular complexity index is 777. The Kier molecular flexibility index (Phi) is 3.87. The molecule has 0 aliphatic rings. The molecule has 3 aromatic rings. The molecule has 5 nitrogen and oxygen atoms in total. The van der Waals surface area contributed by atoms with Crippen molar-refractivity contribution in [2.45, 2.75) is 0 Å². The summed E-state index contributed by atoms with van der Waals surface area (Å²) in [6, 6.07) is 14.7. The summed E-state index contributed by atoms with van der Waals surface area (Å²) >= 11 is 0. The normalized spacial score (nSPS) is 11.0. The van der Waals surface area contributed by atoms with Gasteiger partial charge >= 0.3 is 0 Å². The second-order valence-corrected chi connectivity index (χ2v) is 4.63. The van der Waals surface area contributed by atoms with Crippen LogP contribution in [-0.2, 0) is 0 Å². The maximum Gasteiger partial charge on any atom is 0.216 e. The summed E-state index contributed by atoms with van der Waals surface area (Å²) in [5.74, 6) is 1.44. The van der Waals surface area contributed by atoms with Crippen molar-refractivity contribution in [2.24, 2.45) is 0 Å². The molecule has 0 saturated carbocycles. The van der Waals surface area contributed by atoms with Crippen LogP contribution in [0.5, 0.6) is 11.6 Å². The number of aromatic hydroxyl groups is 1. The van der Waals surface area contributed by atoms with Crippen LogP contribution in [0.4, 0.5) is 0 Å². The van der Waals surface area contributed by atoms with Gasteiger partial charge in [0, 0.05) is 12.3 Å². The number of nitrogens with zero attached hydrogens (tertiary/aromatic N) is 3. The fraction of sp³-hybridized carbons (Fsp3) is 0.0588. The fourth-order valence-corrected chi connectivity index (χ4v) is 2.01. The summed E-state index contributed by atoms with van der Waals surface area (Å²) in [6.45, 7) is 0. The third-order valence-corrected chi connectivity index (χ3v) is 3.14. The number of hydrogen-bond donors (Lipinski definition) is 1. The monoisotopic (exact) mass is 293 g/mol. The maximum atomic E-state index is 9.96. The summed E-state index contributed by atoms with van der Waals surface area (Å²) < 4.78 is 6.52. The summed E-state index contributed by atoms with van der Waals surface area (Å²) in [5, 5.41) is 14.3. The van der Waals surface area contributed by atoms with Crippen molar-refractivity contribution in [3.8, 4) is 17.4 Å². The number of aromatic nitrogens is 3. The van der Waals surface area contributed by atoms with E-state index in [1.165, 1.54) is 4.68 Å². The number of pyridine rings is 1. The van der Waals surface area contributed by atoms with E-state index in [-0.39, 0.29) is 5.88 Å². The number of ether oxygens (including phenoxy) is 1. The molecule has 0 bridgehead atoms. The van der Waals surface area contributed by atoms with Crippen LogP contribution in [0.2, 0.25) is 0 Å². The van der Waals surface area contributed by atoms with Gasteiger partial charge in [-0.25, -0.2) is 4.98 Å². The average molecular weight is 293 g/mol. The molecule has 0 amide bonds. The van der Waals surface area contributed by atoms with E-state index in [0.29, 0.717) is 11.5 Å². The van der Waals surface area contributed by atoms with Crippen LogP contribution in [0.15, 0.2) is 54.7 Å². The Morgan fingerprint density at radius 1 is 1.09 bits per heavy atom. The molecule has 2 heterocycles. The Morgan fingerprint density at radius 2 is 1.91 bits per heavy atom. The first kappa shape index (κ1) is 13.9. The van der Waals surface area contributed by atoms with Gasteiger partial charge in [-0.1, -0.05) is 24.3 Å². The second-order valence-electron chi connectivity index (χ2n) is 4.63. The lowest BCUT2D eigenvalue weighted by molar-refractivity contribution is 0.415. The van der Waals surface area contributed by atoms with Gasteiger partial charge in [0.25, 0.3) is 0 Å². The van der Waals surface area contributed by atoms with Gasteiger partial charge in [0.2, 0.25) is 5.88 Å². The van der Waals surface area contributed by atoms with Gasteiger partial charge in [-0.3, -0.25) is 0 Å². The molecule has 22 heavy (non-hydrogen) atoms. The molecule has 0 spiro atoms. The molecule has 0 unspecified atom stereocenters. The Balaban J connectivity index is 1.82. The number of hydrogen-bond acceptors (Lipinski definition) is 4. The van der Waals surface area contributed by atoms with Crippen molar-refractivity contribution < 1.29 is 9.84 Å². The Labute approximate surface area is 128 Å². The highest BCUT2D eigenvalue weighted by Crippen LogP contribution is 2.18. The van der Waals surface area contributed by atoms with Crippen molar-refractivity contribution in [3.05, 3.63) is 66.0 Å². The summed E-state index contributed by atoms with van der Waals surface area (Å²) in [4.78, 5) is 4.16. The minimum absolute atomic E-state index is 0.0491. The number of rotatable bonds is 4. The lowest BCUT2D eigenvalue weighted by Crippen LogP contribution is -1.98. The molecule has 0 aliphatic heterocycles. The molecule has 1 N–H and O–H groups in total. The molecule has 2 aromatic heterocycles. The second kappa shape index (κ2) is 6.13. The number of methoxy groups -OCH3 is 1. The molecular formula is C17H15N3O2. The van der Waals surface area contributed by atoms with E-state index in [1.807, 2.05) is 48.6 Å². The van der Waals surface area contributed by atoms with E-state index in [9.17, 15) is 5.11 Å². The maximum absolute atomic E-state index is 9.96. The average Bonchev–Trinajstić information content (AvgIpc) is 2.95. The predicted octanol–water partition coefficient (Wildman–Crippen LogP) is 3.15. The summed E-state index contributed by atoms with van der Waals surface area (Å²) in [6.07, 6.45) is 5.41. The minimum Gasteiger partial charge on any atom is -0.497 e. The topological polar surface area (TPSA) is 60.2 Å². The van der Waals surface area contributed by atoms with E-state index in [2.05, 4.69) is 10.1 Å². The molecule has 3 rings (SSSR count). The molecule has 0 aliphatic carbocycles. The molecule has 5 heteroatoms. The first-order chi connectivity index (χ1) is 10.8. The van der Waals surface area contributed by atoms with Gasteiger partial charge in [-0.05, 0) is 35.9 Å². The Hall–Kier alpha value is -3.08. The first-order valence-corrected chi connectivity index (χ1v) is 6.79. The zero-order valence-electron chi connectivity index (χ0n) is 12.0. The van der Waals surface area contributed by atoms with Crippen LogP contribution in [0.1, 0.15) is 11.3 Å². The van der Waals surface area contributed by atoms with E-state index in [1.54, 1.807) is 25.4 Å². The molecule has 1 aromatic carbocycles. The lowest BCUT2D eigenvalue weighted by Gasteiger charge is -1.99. The molecule has 0 saturated heterocycles. The van der Waals surface area contributed by atoms with Crippen molar-refractivity contribution >= 4 is 12.2 Å². The van der Waals surface area contributed by atoms with Crippen LogP contribution in [0, 0.1) is 0 Å². The summed E-state index contributed by atoms with van der Waals surface area (Å²) in [5.41, 5.74) is 1.67. The van der Waals surface area contributed by atoms with E-state index < -0.39 is 0 Å². The van der Waals surface area contributed by atoms with E-state index in [4.69, 9.17) is 4.74 Å². The van der Waals surface area contributed by atoms with Crippen LogP contribution in [0.3, 0.4) is 0 Å². The summed E-state index contributed by atoms with van der Waals surface area (Å²) in [7, 11) is 1.64. The lowest BCUT2D eigenvalue weighted by atomic mass is 10.2. The van der Waals surface area contributed by atoms with Crippen molar-refractivity contribution in [1.82, 2.24) is 14.8 Å². The largest absolute Gasteiger partial charge is 0.497 e. The van der Waals surface area contributed by atoms with Crippen LogP contribution in [-0.4, -0.2) is 27.0 Å². The molecule has 0 radical (unpaired) electrons. The highest BCUT2D eigenvalue weighted by Gasteiger charge is 2.07. The van der Waals surface area contributed by atoms with Crippen LogP contribution >= 0.6 is 0 Å². The SMILES string of the molecule is COc1ccc(/C=C/c2cc(O)n(-c3ccccn3)n2)cc1. The third kappa shape index (κ3) is 2.98. The van der Waals surface area contributed by atoms with Gasteiger partial charge in [0.15, 0.2) is 5.82 Å². The zero-order chi connectivity index (χ0) is 15.4. The van der Waals surface area contributed by atoms with Gasteiger partial charge in [-0.15, -0.1) is 0 Å². The van der Waals surface area contributed by atoms with Gasteiger partial charge < -0.3 is 9.84 Å². The van der Waals surface area contributed by atoms with E-state index in [0.717, 1.165) is 11.3 Å². The van der Waals surface area contributed by atoms with Gasteiger partial charge in [-0.2, -0.15) is 9.78 Å². The van der Waals surface area contributed by atoms with E-state index >= 15 is 0 Å². The molecule has 0 atom stereocenters. The quantitative estimate of drug-likeness (QED) is 0.802. The van der Waals surface area contributed by atoms with Crippen LogP contribution in [0.25, 0.3) is 18.0 Å². The highest BCUT2D eigenvalue weighted by molar-refractivity contribution is 5.68. The number of benzene rings is 1. The Morgan fingerprint density at radius 3 is 2.59 bits per heavy atom. The smallest absolute Gasteiger partial charge is 0.216 e. The van der Waals surface area contributed by atoms with Gasteiger partial charge in [0.1, 0.15) is 5.75 Å². The molecular weight excluding hydrogens is 278 g/mol. The predicted molar refractivity (Wildman–Crippen MR) is 84.9 cm³/mol. The first-order valence-electron chi connectivity index (χ1n) is 6.79. The van der Waals surface area contributed by atoms with Crippen LogP contribution < -0.4 is 4.74 Å². The molecule has 0 fully saturated rings. The van der Waals surface area contributed by atoms with Gasteiger partial charge in [0.05, 0.1) is 12.8 Å². The minimum atomic E-state index is 0.0491. The zero-order valence-corrected chi connectivity index (χ0v) is 12.0. The highest BCUT2D eigenvalue weighted by atomic mass is 16.5. The van der Waals surface area contributed by atoms with Crippen molar-refractivity contribution in [2.75, 3.05) is 7.11 Å². The standard InChI is InChI=1S/C17H15N3O2/c1-22-15-9-6-13(7-10-15)5-8-14-12-17(21)20(19-14)16-4-2-3-11-18-16/h2-12,21H,1H3/b8-5+. The molecule has 110 valence electrons. The third-order valence-electron chi connectivity index (χ3n) is 3.14. The fourth-order valence-electron chi connectivity index (χ4n) is 2.01. The van der Waals surface area contributed by atoms with Crippen molar-refractivity contribution in [1.29, 1.82) is 0 Å².